The third-order valence-corrected chi connectivity index (χ3v) is 7.58. The first-order chi connectivity index (χ1) is 12.9. The maximum Gasteiger partial charge on any atom is 0.228 e. The van der Waals surface area contributed by atoms with Crippen LogP contribution in [0.2, 0.25) is 5.02 Å². The summed E-state index contributed by atoms with van der Waals surface area (Å²) in [5.74, 6) is 1.61. The van der Waals surface area contributed by atoms with Crippen LogP contribution in [0.25, 0.3) is 0 Å². The van der Waals surface area contributed by atoms with E-state index in [0.29, 0.717) is 35.7 Å². The fourth-order valence-electron chi connectivity index (χ4n) is 6.29. The molecule has 0 aromatic heterocycles. The first-order valence-electron chi connectivity index (χ1n) is 10.1. The zero-order valence-corrected chi connectivity index (χ0v) is 16.3. The molecule has 2 atom stereocenters. The normalized spacial score (nSPS) is 35.0. The van der Waals surface area contributed by atoms with Crippen LogP contribution in [0.4, 0.5) is 11.4 Å². The molecule has 6 rings (SSSR count). The molecule has 1 aromatic carbocycles. The lowest BCUT2D eigenvalue weighted by Crippen LogP contribution is -2.60. The van der Waals surface area contributed by atoms with Crippen LogP contribution in [0, 0.1) is 23.2 Å². The number of hydrogen-bond acceptors (Lipinski definition) is 4. The molecule has 4 bridgehead atoms. The lowest BCUT2D eigenvalue weighted by atomic mass is 9.48. The molecule has 2 N–H and O–H groups in total. The summed E-state index contributed by atoms with van der Waals surface area (Å²) >= 11 is 6.13. The summed E-state index contributed by atoms with van der Waals surface area (Å²) in [6, 6.07) is 5.54. The maximum absolute atomic E-state index is 13.5. The molecule has 0 radical (unpaired) electrons. The van der Waals surface area contributed by atoms with E-state index in [4.69, 9.17) is 17.3 Å². The van der Waals surface area contributed by atoms with Crippen LogP contribution in [0.5, 0.6) is 0 Å². The van der Waals surface area contributed by atoms with Crippen molar-refractivity contribution < 1.29 is 9.59 Å². The largest absolute Gasteiger partial charge is 0.397 e. The number of ketones is 1. The van der Waals surface area contributed by atoms with E-state index in [1.165, 1.54) is 0 Å². The van der Waals surface area contributed by atoms with Gasteiger partial charge in [-0.25, -0.2) is 0 Å². The average Bonchev–Trinajstić information content (AvgIpc) is 2.67. The third-order valence-electron chi connectivity index (χ3n) is 7.35. The fraction of sp³-hybridized carbons (Fsp3) is 0.619. The van der Waals surface area contributed by atoms with E-state index in [9.17, 15) is 9.59 Å². The molecule has 1 aromatic rings. The number of carbonyl (C=O) groups is 2. The van der Waals surface area contributed by atoms with Gasteiger partial charge in [0.25, 0.3) is 0 Å². The van der Waals surface area contributed by atoms with Crippen molar-refractivity contribution >= 4 is 34.7 Å². The topological polar surface area (TPSA) is 66.6 Å². The van der Waals surface area contributed by atoms with Crippen LogP contribution in [0.3, 0.4) is 0 Å². The maximum atomic E-state index is 13.5. The Balaban J connectivity index is 1.29. The minimum Gasteiger partial charge on any atom is -0.397 e. The summed E-state index contributed by atoms with van der Waals surface area (Å²) in [6.45, 7) is 2.95. The lowest BCUT2D eigenvalue weighted by molar-refractivity contribution is -0.164. The van der Waals surface area contributed by atoms with Gasteiger partial charge in [0.05, 0.1) is 16.8 Å². The molecule has 5 nitrogen and oxygen atoms in total. The summed E-state index contributed by atoms with van der Waals surface area (Å²) in [5.41, 5.74) is 7.53. The van der Waals surface area contributed by atoms with Gasteiger partial charge in [-0.3, -0.25) is 9.59 Å². The number of nitrogens with zero attached hydrogens (tertiary/aromatic N) is 2. The van der Waals surface area contributed by atoms with Crippen LogP contribution in [-0.4, -0.2) is 42.8 Å². The molecule has 2 unspecified atom stereocenters. The highest BCUT2D eigenvalue weighted by molar-refractivity contribution is 6.31. The van der Waals surface area contributed by atoms with Crippen LogP contribution in [-0.2, 0) is 9.59 Å². The number of benzene rings is 1. The van der Waals surface area contributed by atoms with Gasteiger partial charge in [0.2, 0.25) is 5.91 Å². The molecule has 27 heavy (non-hydrogen) atoms. The molecule has 1 aliphatic heterocycles. The molecule has 1 amide bonds. The summed E-state index contributed by atoms with van der Waals surface area (Å²) in [4.78, 5) is 30.1. The quantitative estimate of drug-likeness (QED) is 0.792. The van der Waals surface area contributed by atoms with Crippen LogP contribution in [0.1, 0.15) is 32.1 Å². The van der Waals surface area contributed by atoms with E-state index in [0.717, 1.165) is 56.6 Å². The predicted octanol–water partition coefficient (Wildman–Crippen LogP) is 2.97. The molecular weight excluding hydrogens is 362 g/mol. The van der Waals surface area contributed by atoms with Gasteiger partial charge >= 0.3 is 0 Å². The van der Waals surface area contributed by atoms with Gasteiger partial charge in [-0.2, -0.15) is 0 Å². The molecule has 1 saturated heterocycles. The zero-order valence-electron chi connectivity index (χ0n) is 15.5. The van der Waals surface area contributed by atoms with Crippen molar-refractivity contribution in [1.29, 1.82) is 0 Å². The molecule has 4 aliphatic carbocycles. The van der Waals surface area contributed by atoms with E-state index in [1.807, 2.05) is 17.0 Å². The molecule has 6 heteroatoms. The Labute approximate surface area is 164 Å². The van der Waals surface area contributed by atoms with Gasteiger partial charge in [-0.1, -0.05) is 11.6 Å². The Morgan fingerprint density at radius 2 is 1.74 bits per heavy atom. The summed E-state index contributed by atoms with van der Waals surface area (Å²) < 4.78 is 0. The van der Waals surface area contributed by atoms with E-state index in [1.54, 1.807) is 6.07 Å². The smallest absolute Gasteiger partial charge is 0.228 e. The number of anilines is 2. The number of Topliss-reactive ketones (excluding diaryl/α,β-unsaturated/α-hetero) is 1. The van der Waals surface area contributed by atoms with Gasteiger partial charge < -0.3 is 15.5 Å². The second kappa shape index (κ2) is 6.13. The highest BCUT2D eigenvalue weighted by Gasteiger charge is 2.59. The molecule has 5 aliphatic rings. The van der Waals surface area contributed by atoms with Crippen molar-refractivity contribution in [2.24, 2.45) is 23.2 Å². The van der Waals surface area contributed by atoms with Gasteiger partial charge in [0.15, 0.2) is 0 Å². The van der Waals surface area contributed by atoms with Gasteiger partial charge in [-0.15, -0.1) is 0 Å². The number of rotatable bonds is 2. The van der Waals surface area contributed by atoms with Gasteiger partial charge in [-0.05, 0) is 56.2 Å². The second-order valence-electron chi connectivity index (χ2n) is 9.01. The molecule has 1 heterocycles. The standard InChI is InChI=1S/C21H26ClN3O2/c22-16-1-2-17(23)18(9-16)24-3-5-25(6-4-24)20(27)21-10-13-7-14(11-21)19(26)15(8-13)12-21/h1-2,9,13-15H,3-8,10-12,23H2. The van der Waals surface area contributed by atoms with Crippen molar-refractivity contribution in [3.8, 4) is 0 Å². The number of halogens is 1. The Hall–Kier alpha value is -1.75. The highest BCUT2D eigenvalue weighted by atomic mass is 35.5. The van der Waals surface area contributed by atoms with Crippen molar-refractivity contribution in [2.45, 2.75) is 32.1 Å². The second-order valence-corrected chi connectivity index (χ2v) is 9.45. The van der Waals surface area contributed by atoms with Crippen molar-refractivity contribution in [3.63, 3.8) is 0 Å². The molecule has 5 fully saturated rings. The Kier molecular flexibility index (Phi) is 3.94. The number of piperazine rings is 1. The monoisotopic (exact) mass is 387 g/mol. The van der Waals surface area contributed by atoms with Crippen molar-refractivity contribution in [3.05, 3.63) is 23.2 Å². The van der Waals surface area contributed by atoms with Crippen LogP contribution in [0.15, 0.2) is 18.2 Å². The van der Waals surface area contributed by atoms with E-state index >= 15 is 0 Å². The Morgan fingerprint density at radius 3 is 2.41 bits per heavy atom. The fourth-order valence-corrected chi connectivity index (χ4v) is 6.45. The zero-order chi connectivity index (χ0) is 18.8. The number of carbonyl (C=O) groups excluding carboxylic acids is 2. The average molecular weight is 388 g/mol. The number of nitrogen functional groups attached to an aromatic ring is 1. The minimum absolute atomic E-state index is 0.146. The van der Waals surface area contributed by atoms with Crippen LogP contribution < -0.4 is 10.6 Å². The summed E-state index contributed by atoms with van der Waals surface area (Å²) in [5, 5.41) is 0.677. The van der Waals surface area contributed by atoms with Gasteiger partial charge in [0, 0.05) is 43.0 Å². The van der Waals surface area contributed by atoms with E-state index in [2.05, 4.69) is 4.90 Å². The molecule has 144 valence electrons. The minimum atomic E-state index is -0.262. The molecule has 0 spiro atoms. The predicted molar refractivity (Wildman–Crippen MR) is 106 cm³/mol. The first-order valence-corrected chi connectivity index (χ1v) is 10.5. The summed E-state index contributed by atoms with van der Waals surface area (Å²) in [6.07, 6.45) is 4.62. The molecule has 4 saturated carbocycles. The van der Waals surface area contributed by atoms with Crippen molar-refractivity contribution in [1.82, 2.24) is 4.90 Å². The Morgan fingerprint density at radius 1 is 1.07 bits per heavy atom. The van der Waals surface area contributed by atoms with E-state index < -0.39 is 0 Å². The highest BCUT2D eigenvalue weighted by Crippen LogP contribution is 2.59. The van der Waals surface area contributed by atoms with Crippen molar-refractivity contribution in [2.75, 3.05) is 36.8 Å². The number of amides is 1. The first kappa shape index (κ1) is 17.4. The summed E-state index contributed by atoms with van der Waals surface area (Å²) in [7, 11) is 0. The molecular formula is C21H26ClN3O2. The van der Waals surface area contributed by atoms with Crippen LogP contribution >= 0.6 is 11.6 Å². The Bertz CT molecular complexity index is 785. The number of hydrogen-bond donors (Lipinski definition) is 1. The lowest BCUT2D eigenvalue weighted by Gasteiger charge is -2.56. The third kappa shape index (κ3) is 2.74. The SMILES string of the molecule is Nc1ccc(Cl)cc1N1CCN(C(=O)C23CC4CC(C2)C(=O)C(C4)C3)CC1. The van der Waals surface area contributed by atoms with E-state index in [-0.39, 0.29) is 17.3 Å². The number of nitrogens with two attached hydrogens (primary N) is 1. The van der Waals surface area contributed by atoms with Gasteiger partial charge in [0.1, 0.15) is 5.78 Å².